The van der Waals surface area contributed by atoms with Gasteiger partial charge in [-0.25, -0.2) is 4.79 Å². The van der Waals surface area contributed by atoms with E-state index in [2.05, 4.69) is 5.32 Å². The number of hydrogen-bond acceptors (Lipinski definition) is 4. The van der Waals surface area contributed by atoms with Crippen molar-refractivity contribution in [1.29, 1.82) is 0 Å². The van der Waals surface area contributed by atoms with Gasteiger partial charge in [-0.1, -0.05) is 43.3 Å². The molecule has 0 saturated heterocycles. The van der Waals surface area contributed by atoms with Crippen LogP contribution in [0, 0.1) is 0 Å². The van der Waals surface area contributed by atoms with Crippen LogP contribution in [-0.2, 0) is 0 Å². The van der Waals surface area contributed by atoms with Crippen LogP contribution in [0.15, 0.2) is 88.1 Å². The van der Waals surface area contributed by atoms with E-state index in [0.29, 0.717) is 34.8 Å². The topological polar surface area (TPSA) is 68.5 Å². The van der Waals surface area contributed by atoms with Crippen LogP contribution in [-0.4, -0.2) is 12.5 Å². The molecule has 4 aromatic rings. The van der Waals surface area contributed by atoms with E-state index < -0.39 is 5.63 Å². The van der Waals surface area contributed by atoms with Gasteiger partial charge in [0.05, 0.1) is 12.2 Å². The molecule has 4 rings (SSSR count). The van der Waals surface area contributed by atoms with Gasteiger partial charge in [0.1, 0.15) is 11.3 Å². The van der Waals surface area contributed by atoms with Gasteiger partial charge in [0.2, 0.25) is 0 Å². The number of rotatable bonds is 6. The fraction of sp³-hybridized carbons (Fsp3) is 0.120. The van der Waals surface area contributed by atoms with E-state index >= 15 is 0 Å². The third kappa shape index (κ3) is 4.25. The lowest BCUT2D eigenvalue weighted by molar-refractivity contribution is 0.102. The largest absolute Gasteiger partial charge is 0.494 e. The zero-order chi connectivity index (χ0) is 20.9. The van der Waals surface area contributed by atoms with Crippen molar-refractivity contribution in [2.24, 2.45) is 0 Å². The van der Waals surface area contributed by atoms with Crippen LogP contribution in [0.4, 0.5) is 5.69 Å². The number of fused-ring (bicyclic) bond motifs is 1. The highest BCUT2D eigenvalue weighted by Gasteiger charge is 2.10. The molecule has 150 valence electrons. The lowest BCUT2D eigenvalue weighted by Crippen LogP contribution is -2.12. The summed E-state index contributed by atoms with van der Waals surface area (Å²) in [4.78, 5) is 24.9. The van der Waals surface area contributed by atoms with Crippen molar-refractivity contribution in [1.82, 2.24) is 0 Å². The van der Waals surface area contributed by atoms with E-state index in [1.54, 1.807) is 48.5 Å². The minimum absolute atomic E-state index is 0.227. The summed E-state index contributed by atoms with van der Waals surface area (Å²) < 4.78 is 11.0. The Morgan fingerprint density at radius 3 is 2.57 bits per heavy atom. The molecule has 1 heterocycles. The Bertz CT molecular complexity index is 1240. The van der Waals surface area contributed by atoms with Gasteiger partial charge in [0, 0.05) is 16.6 Å². The number of benzene rings is 3. The van der Waals surface area contributed by atoms with Gasteiger partial charge in [-0.15, -0.1) is 0 Å². The Labute approximate surface area is 173 Å². The van der Waals surface area contributed by atoms with Crippen LogP contribution >= 0.6 is 0 Å². The van der Waals surface area contributed by atoms with Gasteiger partial charge in [-0.2, -0.15) is 0 Å². The predicted octanol–water partition coefficient (Wildman–Crippen LogP) is 5.50. The SMILES string of the molecule is CCCOc1cccc(C(=O)Nc2ccc(-c3cc4ccccc4oc3=O)cc2)c1. The fourth-order valence-electron chi connectivity index (χ4n) is 3.15. The standard InChI is InChI=1S/C25H21NO4/c1-2-14-29-21-8-5-7-19(15-21)24(27)26-20-12-10-17(11-13-20)22-16-18-6-3-4-9-23(18)30-25(22)28/h3-13,15-16H,2,14H2,1H3,(H,26,27). The molecule has 0 fully saturated rings. The number of hydrogen-bond donors (Lipinski definition) is 1. The summed E-state index contributed by atoms with van der Waals surface area (Å²) >= 11 is 0. The van der Waals surface area contributed by atoms with E-state index in [0.717, 1.165) is 17.4 Å². The Morgan fingerprint density at radius 2 is 1.77 bits per heavy atom. The van der Waals surface area contributed by atoms with E-state index in [4.69, 9.17) is 9.15 Å². The molecule has 0 unspecified atom stereocenters. The van der Waals surface area contributed by atoms with Crippen LogP contribution in [0.1, 0.15) is 23.7 Å². The quantitative estimate of drug-likeness (QED) is 0.435. The van der Waals surface area contributed by atoms with Gasteiger partial charge in [-0.05, 0) is 54.4 Å². The summed E-state index contributed by atoms with van der Waals surface area (Å²) in [6.07, 6.45) is 0.901. The maximum atomic E-state index is 12.6. The molecule has 0 aliphatic carbocycles. The highest BCUT2D eigenvalue weighted by Crippen LogP contribution is 2.23. The molecule has 5 nitrogen and oxygen atoms in total. The van der Waals surface area contributed by atoms with Gasteiger partial charge in [0.25, 0.3) is 5.91 Å². The van der Waals surface area contributed by atoms with Gasteiger partial charge in [-0.3, -0.25) is 4.79 Å². The normalized spacial score (nSPS) is 10.7. The second kappa shape index (κ2) is 8.66. The number of para-hydroxylation sites is 1. The molecule has 1 amide bonds. The highest BCUT2D eigenvalue weighted by atomic mass is 16.5. The summed E-state index contributed by atoms with van der Waals surface area (Å²) in [5.41, 5.74) is 2.51. The molecule has 0 aliphatic rings. The first kappa shape index (κ1) is 19.5. The van der Waals surface area contributed by atoms with E-state index in [-0.39, 0.29) is 5.91 Å². The first-order valence-electron chi connectivity index (χ1n) is 9.81. The average molecular weight is 399 g/mol. The number of nitrogens with one attached hydrogen (secondary N) is 1. The second-order valence-electron chi connectivity index (χ2n) is 6.89. The summed E-state index contributed by atoms with van der Waals surface area (Å²) in [6, 6.07) is 23.4. The fourth-order valence-corrected chi connectivity index (χ4v) is 3.15. The number of amides is 1. The summed E-state index contributed by atoms with van der Waals surface area (Å²) in [5.74, 6) is 0.442. The molecule has 3 aromatic carbocycles. The number of carbonyl (C=O) groups excluding carboxylic acids is 1. The molecule has 0 saturated carbocycles. The van der Waals surface area contributed by atoms with E-state index in [9.17, 15) is 9.59 Å². The first-order chi connectivity index (χ1) is 14.6. The summed E-state index contributed by atoms with van der Waals surface area (Å²) in [6.45, 7) is 2.64. The third-order valence-electron chi connectivity index (χ3n) is 4.66. The lowest BCUT2D eigenvalue weighted by atomic mass is 10.1. The van der Waals surface area contributed by atoms with Crippen molar-refractivity contribution in [2.75, 3.05) is 11.9 Å². The Kier molecular flexibility index (Phi) is 5.61. The number of ether oxygens (including phenoxy) is 1. The molecular formula is C25H21NO4. The third-order valence-corrected chi connectivity index (χ3v) is 4.66. The van der Waals surface area contributed by atoms with Gasteiger partial charge >= 0.3 is 5.63 Å². The average Bonchev–Trinajstić information content (AvgIpc) is 2.78. The van der Waals surface area contributed by atoms with Crippen molar-refractivity contribution >= 4 is 22.6 Å². The van der Waals surface area contributed by atoms with Crippen LogP contribution in [0.2, 0.25) is 0 Å². The smallest absolute Gasteiger partial charge is 0.344 e. The monoisotopic (exact) mass is 399 g/mol. The molecule has 30 heavy (non-hydrogen) atoms. The zero-order valence-electron chi connectivity index (χ0n) is 16.6. The molecule has 5 heteroatoms. The molecule has 0 spiro atoms. The number of carbonyl (C=O) groups is 1. The van der Waals surface area contributed by atoms with Gasteiger partial charge in [0.15, 0.2) is 0 Å². The lowest BCUT2D eigenvalue weighted by Gasteiger charge is -2.09. The van der Waals surface area contributed by atoms with Crippen LogP contribution < -0.4 is 15.7 Å². The van der Waals surface area contributed by atoms with E-state index in [1.807, 2.05) is 37.3 Å². The highest BCUT2D eigenvalue weighted by molar-refractivity contribution is 6.04. The van der Waals surface area contributed by atoms with Crippen molar-refractivity contribution in [2.45, 2.75) is 13.3 Å². The maximum Gasteiger partial charge on any atom is 0.344 e. The Morgan fingerprint density at radius 1 is 0.967 bits per heavy atom. The Hall–Kier alpha value is -3.86. The summed E-state index contributed by atoms with van der Waals surface area (Å²) in [7, 11) is 0. The molecule has 0 bridgehead atoms. The maximum absolute atomic E-state index is 12.6. The van der Waals surface area contributed by atoms with Crippen molar-refractivity contribution < 1.29 is 13.9 Å². The molecule has 1 N–H and O–H groups in total. The number of anilines is 1. The van der Waals surface area contributed by atoms with Crippen molar-refractivity contribution in [3.05, 3.63) is 94.8 Å². The van der Waals surface area contributed by atoms with Crippen LogP contribution in [0.5, 0.6) is 5.75 Å². The Balaban J connectivity index is 1.52. The molecule has 0 radical (unpaired) electrons. The van der Waals surface area contributed by atoms with Crippen molar-refractivity contribution in [3.63, 3.8) is 0 Å². The van der Waals surface area contributed by atoms with Crippen LogP contribution in [0.25, 0.3) is 22.1 Å². The second-order valence-corrected chi connectivity index (χ2v) is 6.89. The molecular weight excluding hydrogens is 378 g/mol. The van der Waals surface area contributed by atoms with E-state index in [1.165, 1.54) is 0 Å². The van der Waals surface area contributed by atoms with Crippen LogP contribution in [0.3, 0.4) is 0 Å². The first-order valence-corrected chi connectivity index (χ1v) is 9.81. The van der Waals surface area contributed by atoms with Gasteiger partial charge < -0.3 is 14.5 Å². The van der Waals surface area contributed by atoms with Crippen molar-refractivity contribution in [3.8, 4) is 16.9 Å². The molecule has 1 aromatic heterocycles. The zero-order valence-corrected chi connectivity index (χ0v) is 16.6. The minimum Gasteiger partial charge on any atom is -0.494 e. The molecule has 0 aliphatic heterocycles. The molecule has 0 atom stereocenters. The minimum atomic E-state index is -0.394. The summed E-state index contributed by atoms with van der Waals surface area (Å²) in [5, 5.41) is 3.72. The predicted molar refractivity (Wildman–Crippen MR) is 118 cm³/mol.